The molecule has 0 N–H and O–H groups in total. The van der Waals surface area contributed by atoms with Crippen LogP contribution in [0.2, 0.25) is 5.04 Å². The van der Waals surface area contributed by atoms with Crippen LogP contribution < -0.4 is 47.6 Å². The van der Waals surface area contributed by atoms with Crippen molar-refractivity contribution in [3.63, 3.8) is 0 Å². The number of hydrogen-bond acceptors (Lipinski definition) is 0. The van der Waals surface area contributed by atoms with E-state index in [-0.39, 0.29) is 58.9 Å². The largest absolute Gasteiger partial charge is 4.00 e. The van der Waals surface area contributed by atoms with Crippen LogP contribution in [0, 0.1) is 27.7 Å². The van der Waals surface area contributed by atoms with Crippen molar-refractivity contribution in [3.8, 4) is 0 Å². The van der Waals surface area contributed by atoms with E-state index in [4.69, 9.17) is 0 Å². The molecule has 0 heterocycles. The van der Waals surface area contributed by atoms with Gasteiger partial charge in [-0.15, -0.1) is 0 Å². The molecule has 0 saturated heterocycles. The molecule has 0 saturated carbocycles. The zero-order valence-corrected chi connectivity index (χ0v) is 27.0. The van der Waals surface area contributed by atoms with Gasteiger partial charge in [0.15, 0.2) is 0 Å². The van der Waals surface area contributed by atoms with Crippen molar-refractivity contribution in [2.24, 2.45) is 0 Å². The van der Waals surface area contributed by atoms with Gasteiger partial charge in [0.25, 0.3) is 0 Å². The van der Waals surface area contributed by atoms with E-state index in [0.29, 0.717) is 5.04 Å². The van der Waals surface area contributed by atoms with Gasteiger partial charge in [0.05, 0.1) is 8.80 Å². The zero-order valence-electron chi connectivity index (χ0n) is 22.0. The first-order chi connectivity index (χ1) is 14.4. The summed E-state index contributed by atoms with van der Waals surface area (Å²) in [6.45, 7) is 16.4. The molecule has 0 nitrogen and oxygen atoms in total. The van der Waals surface area contributed by atoms with E-state index < -0.39 is 8.80 Å². The van der Waals surface area contributed by atoms with Crippen molar-refractivity contribution < 1.29 is 58.9 Å². The Kier molecular flexibility index (Phi) is 16.8. The van der Waals surface area contributed by atoms with Crippen LogP contribution in [0.25, 0.3) is 0 Å². The van der Waals surface area contributed by atoms with Crippen LogP contribution in [0.5, 0.6) is 0 Å². The monoisotopic (exact) mass is 570 g/mol. The number of rotatable bonds is 8. The third-order valence-electron chi connectivity index (χ3n) is 7.75. The van der Waals surface area contributed by atoms with Gasteiger partial charge < -0.3 is 37.2 Å². The van der Waals surface area contributed by atoms with Crippen LogP contribution in [-0.4, -0.2) is 8.80 Å². The molecule has 2 unspecified atom stereocenters. The van der Waals surface area contributed by atoms with Crippen LogP contribution in [0.1, 0.15) is 79.8 Å². The molecule has 2 atom stereocenters. The predicted octanol–water partition coefficient (Wildman–Crippen LogP) is -2.44. The maximum absolute atomic E-state index is 2.61. The van der Waals surface area contributed by atoms with Crippen LogP contribution in [-0.2, 0) is 34.6 Å². The fourth-order valence-electron chi connectivity index (χ4n) is 5.56. The quantitative estimate of drug-likeness (QED) is 0.244. The summed E-state index contributed by atoms with van der Waals surface area (Å²) < 4.78 is 0. The first-order valence-corrected chi connectivity index (χ1v) is 13.8. The molecule has 0 fully saturated rings. The zero-order chi connectivity index (χ0) is 21.9. The molecule has 0 radical (unpaired) electrons. The van der Waals surface area contributed by atoms with Gasteiger partial charge in [0.1, 0.15) is 0 Å². The van der Waals surface area contributed by atoms with E-state index in [1.165, 1.54) is 47.9 Å². The summed E-state index contributed by atoms with van der Waals surface area (Å²) in [5.41, 5.74) is 9.20. The number of aryl methyl sites for hydroxylation is 2. The Morgan fingerprint density at radius 2 is 1.35 bits per heavy atom. The van der Waals surface area contributed by atoms with E-state index >= 15 is 0 Å². The van der Waals surface area contributed by atoms with E-state index in [2.05, 4.69) is 91.0 Å². The molecule has 2 aromatic rings. The Morgan fingerprint density at radius 3 is 1.76 bits per heavy atom. The Bertz CT molecular complexity index is 913. The Balaban J connectivity index is 0. The average Bonchev–Trinajstić information content (AvgIpc) is 2.96. The van der Waals surface area contributed by atoms with Gasteiger partial charge in [-0.1, -0.05) is 109 Å². The number of unbranched alkanes of at least 4 members (excludes halogenated alkanes) is 1. The molecule has 3 rings (SSSR count). The maximum atomic E-state index is 2.61. The van der Waals surface area contributed by atoms with Crippen molar-refractivity contribution in [3.05, 3.63) is 75.9 Å². The van der Waals surface area contributed by atoms with E-state index in [0.717, 1.165) is 12.8 Å². The Hall–Kier alpha value is -0.149. The molecule has 2 aromatic carbocycles. The van der Waals surface area contributed by atoms with E-state index in [1.54, 1.807) is 21.5 Å². The van der Waals surface area contributed by atoms with Gasteiger partial charge in [0.2, 0.25) is 0 Å². The van der Waals surface area contributed by atoms with Crippen molar-refractivity contribution in [2.75, 3.05) is 0 Å². The molecule has 1 aliphatic rings. The third kappa shape index (κ3) is 7.21. The molecule has 0 bridgehead atoms. The minimum absolute atomic E-state index is 0. The minimum Gasteiger partial charge on any atom is -1.00 e. The summed E-state index contributed by atoms with van der Waals surface area (Å²) in [5, 5.41) is 3.69. The molecule has 0 aromatic heterocycles. The van der Waals surface area contributed by atoms with E-state index in [9.17, 15) is 0 Å². The van der Waals surface area contributed by atoms with Gasteiger partial charge >= 0.3 is 21.7 Å². The fourth-order valence-corrected chi connectivity index (χ4v) is 10.4. The second-order valence-corrected chi connectivity index (χ2v) is 12.7. The summed E-state index contributed by atoms with van der Waals surface area (Å²) >= 11 is 0. The molecular formula is C29H41Cl3SiTi. The Morgan fingerprint density at radius 1 is 0.824 bits per heavy atom. The summed E-state index contributed by atoms with van der Waals surface area (Å²) in [5.74, 6) is 0. The van der Waals surface area contributed by atoms with Gasteiger partial charge in [-0.05, 0) is 41.8 Å². The molecule has 5 heteroatoms. The van der Waals surface area contributed by atoms with Crippen LogP contribution in [0.4, 0.5) is 0 Å². The number of benzene rings is 1. The predicted molar refractivity (Wildman–Crippen MR) is 138 cm³/mol. The summed E-state index contributed by atoms with van der Waals surface area (Å²) in [4.78, 5) is 0. The van der Waals surface area contributed by atoms with Crippen LogP contribution in [0.15, 0.2) is 42.5 Å². The van der Waals surface area contributed by atoms with Crippen molar-refractivity contribution >= 4 is 19.2 Å². The third-order valence-corrected chi connectivity index (χ3v) is 12.1. The topological polar surface area (TPSA) is 0 Å². The van der Waals surface area contributed by atoms with Crippen molar-refractivity contribution in [1.82, 2.24) is 0 Å². The molecule has 0 spiro atoms. The normalized spacial score (nSPS) is 17.1. The van der Waals surface area contributed by atoms with Gasteiger partial charge in [-0.25, -0.2) is 0 Å². The molecule has 34 heavy (non-hydrogen) atoms. The average molecular weight is 572 g/mol. The van der Waals surface area contributed by atoms with Crippen molar-refractivity contribution in [2.45, 2.75) is 92.0 Å². The first kappa shape index (κ1) is 36.0. The molecule has 0 aliphatic heterocycles. The molecule has 1 aliphatic carbocycles. The second kappa shape index (κ2) is 15.9. The SMILES string of the molecule is CCCCC1([SiH](c2cc(CC)cc(CC)c2)[c-]2c(C)c(C)c(C)c2C)C=CC=CC1.[Cl-].[Cl-].[Cl-].[Ti+4]. The van der Waals surface area contributed by atoms with Gasteiger partial charge in [-0.2, -0.15) is 27.4 Å². The summed E-state index contributed by atoms with van der Waals surface area (Å²) in [6, 6.07) is 7.59. The molecule has 186 valence electrons. The number of allylic oxidation sites excluding steroid dienone is 4. The van der Waals surface area contributed by atoms with Crippen molar-refractivity contribution in [1.29, 1.82) is 0 Å². The Labute approximate surface area is 244 Å². The maximum Gasteiger partial charge on any atom is 4.00 e. The molecular weight excluding hydrogens is 531 g/mol. The van der Waals surface area contributed by atoms with Crippen LogP contribution >= 0.6 is 0 Å². The summed E-state index contributed by atoms with van der Waals surface area (Å²) in [7, 11) is -1.51. The van der Waals surface area contributed by atoms with Crippen LogP contribution in [0.3, 0.4) is 0 Å². The first-order valence-electron chi connectivity index (χ1n) is 12.1. The minimum atomic E-state index is -1.51. The van der Waals surface area contributed by atoms with Gasteiger partial charge in [-0.3, -0.25) is 0 Å². The van der Waals surface area contributed by atoms with Gasteiger partial charge in [0, 0.05) is 0 Å². The smallest absolute Gasteiger partial charge is 1.00 e. The fraction of sp³-hybridized carbons (Fsp3) is 0.483. The standard InChI is InChI=1S/C29H41Si.3ClH.Ti/c1-8-11-15-29(16-13-12-14-17-29)30(28-23(6)21(4)22(5)24(28)7)27-19-25(9-2)18-26(10-3)20-27;;;;/h12-14,16,18-20,30H,8-11,15,17H2,1-7H3;3*1H;/q-1;;;;+4/p-3. The molecule has 0 amide bonds. The number of halogens is 3. The summed E-state index contributed by atoms with van der Waals surface area (Å²) in [6.07, 6.45) is 17.0. The number of hydrogen-bond donors (Lipinski definition) is 0. The second-order valence-electron chi connectivity index (χ2n) is 9.46. The van der Waals surface area contributed by atoms with E-state index in [1.807, 2.05) is 0 Å².